The highest BCUT2D eigenvalue weighted by molar-refractivity contribution is 9.10. The largest absolute Gasteiger partial charge is 0.310 e. The highest BCUT2D eigenvalue weighted by atomic mass is 79.9. The number of sulfone groups is 1. The van der Waals surface area contributed by atoms with Gasteiger partial charge < -0.3 is 5.32 Å². The molecule has 108 valence electrons. The third-order valence-corrected chi connectivity index (χ3v) is 4.78. The number of nitrogens with one attached hydrogen (secondary N) is 1. The second-order valence-corrected chi connectivity index (χ2v) is 8.10. The van der Waals surface area contributed by atoms with Crippen molar-refractivity contribution in [2.24, 2.45) is 0 Å². The SMILES string of the molecule is CCNC(CCCS(C)(=O)=O)c1cc(Cl)ccc1Br. The standard InChI is InChI=1S/C13H19BrClNO2S/c1-3-16-13(5-4-8-19(2,17)18)11-9-10(15)6-7-12(11)14/h6-7,9,13,16H,3-5,8H2,1-2H3. The molecule has 1 aromatic carbocycles. The predicted molar refractivity (Wildman–Crippen MR) is 84.5 cm³/mol. The van der Waals surface area contributed by atoms with E-state index < -0.39 is 9.84 Å². The molecule has 0 aliphatic rings. The summed E-state index contributed by atoms with van der Waals surface area (Å²) < 4.78 is 23.3. The lowest BCUT2D eigenvalue weighted by Gasteiger charge is -2.20. The van der Waals surface area contributed by atoms with E-state index in [1.54, 1.807) is 0 Å². The third-order valence-electron chi connectivity index (χ3n) is 2.79. The molecule has 0 heterocycles. The van der Waals surface area contributed by atoms with Crippen molar-refractivity contribution in [2.45, 2.75) is 25.8 Å². The molecule has 1 aromatic rings. The summed E-state index contributed by atoms with van der Waals surface area (Å²) in [5.74, 6) is 0.215. The van der Waals surface area contributed by atoms with Gasteiger partial charge in [0.05, 0.1) is 0 Å². The summed E-state index contributed by atoms with van der Waals surface area (Å²) in [5, 5.41) is 4.05. The van der Waals surface area contributed by atoms with E-state index in [0.29, 0.717) is 11.4 Å². The summed E-state index contributed by atoms with van der Waals surface area (Å²) in [6.07, 6.45) is 2.67. The smallest absolute Gasteiger partial charge is 0.147 e. The van der Waals surface area contributed by atoms with Crippen LogP contribution >= 0.6 is 27.5 Å². The monoisotopic (exact) mass is 367 g/mol. The van der Waals surface area contributed by atoms with E-state index in [0.717, 1.165) is 23.0 Å². The van der Waals surface area contributed by atoms with Gasteiger partial charge in [-0.25, -0.2) is 8.42 Å². The molecular weight excluding hydrogens is 350 g/mol. The molecule has 3 nitrogen and oxygen atoms in total. The molecule has 0 spiro atoms. The highest BCUT2D eigenvalue weighted by Gasteiger charge is 2.15. The summed E-state index contributed by atoms with van der Waals surface area (Å²) in [4.78, 5) is 0. The molecule has 1 atom stereocenters. The van der Waals surface area contributed by atoms with Crippen molar-refractivity contribution in [1.82, 2.24) is 5.32 Å². The molecular formula is C13H19BrClNO2S. The van der Waals surface area contributed by atoms with Gasteiger partial charge >= 0.3 is 0 Å². The predicted octanol–water partition coefficient (Wildman–Crippen LogP) is 3.58. The number of hydrogen-bond donors (Lipinski definition) is 1. The fraction of sp³-hybridized carbons (Fsp3) is 0.538. The molecule has 1 rings (SSSR count). The van der Waals surface area contributed by atoms with E-state index in [9.17, 15) is 8.42 Å². The van der Waals surface area contributed by atoms with Crippen LogP contribution in [-0.2, 0) is 9.84 Å². The average molecular weight is 369 g/mol. The first-order valence-corrected chi connectivity index (χ1v) is 9.42. The Morgan fingerprint density at radius 2 is 2.11 bits per heavy atom. The van der Waals surface area contributed by atoms with Crippen molar-refractivity contribution < 1.29 is 8.42 Å². The van der Waals surface area contributed by atoms with Crippen molar-refractivity contribution in [3.8, 4) is 0 Å². The Labute approximate surface area is 128 Å². The second-order valence-electron chi connectivity index (χ2n) is 4.55. The molecule has 6 heteroatoms. The number of hydrogen-bond acceptors (Lipinski definition) is 3. The molecule has 0 radical (unpaired) electrons. The highest BCUT2D eigenvalue weighted by Crippen LogP contribution is 2.29. The van der Waals surface area contributed by atoms with E-state index >= 15 is 0 Å². The van der Waals surface area contributed by atoms with Crippen LogP contribution in [0.5, 0.6) is 0 Å². The van der Waals surface area contributed by atoms with E-state index in [2.05, 4.69) is 21.2 Å². The average Bonchev–Trinajstić information content (AvgIpc) is 2.30. The fourth-order valence-corrected chi connectivity index (χ4v) is 3.34. The lowest BCUT2D eigenvalue weighted by atomic mass is 10.0. The quantitative estimate of drug-likeness (QED) is 0.800. The van der Waals surface area contributed by atoms with Gasteiger partial charge in [0.2, 0.25) is 0 Å². The van der Waals surface area contributed by atoms with E-state index in [1.165, 1.54) is 6.26 Å². The minimum atomic E-state index is -2.90. The van der Waals surface area contributed by atoms with Crippen molar-refractivity contribution in [3.63, 3.8) is 0 Å². The van der Waals surface area contributed by atoms with Gasteiger partial charge in [-0.15, -0.1) is 0 Å². The van der Waals surface area contributed by atoms with Gasteiger partial charge in [-0.05, 0) is 43.1 Å². The van der Waals surface area contributed by atoms with Gasteiger partial charge in [0, 0.05) is 27.5 Å². The molecule has 0 aliphatic heterocycles. The van der Waals surface area contributed by atoms with Gasteiger partial charge in [-0.1, -0.05) is 34.5 Å². The third kappa shape index (κ3) is 6.25. The number of halogens is 2. The van der Waals surface area contributed by atoms with E-state index in [1.807, 2.05) is 25.1 Å². The summed E-state index contributed by atoms with van der Waals surface area (Å²) >= 11 is 9.54. The Kier molecular flexibility index (Phi) is 6.80. The van der Waals surface area contributed by atoms with Crippen LogP contribution in [-0.4, -0.2) is 27.0 Å². The topological polar surface area (TPSA) is 46.2 Å². The first-order valence-electron chi connectivity index (χ1n) is 6.19. The zero-order valence-electron chi connectivity index (χ0n) is 11.1. The summed E-state index contributed by atoms with van der Waals surface area (Å²) in [5.41, 5.74) is 1.07. The maximum Gasteiger partial charge on any atom is 0.147 e. The normalized spacial score (nSPS) is 13.5. The van der Waals surface area contributed by atoms with E-state index in [-0.39, 0.29) is 11.8 Å². The van der Waals surface area contributed by atoms with Gasteiger partial charge in [-0.3, -0.25) is 0 Å². The Balaban J connectivity index is 2.79. The number of benzene rings is 1. The van der Waals surface area contributed by atoms with Crippen LogP contribution in [0, 0.1) is 0 Å². The van der Waals surface area contributed by atoms with Crippen LogP contribution in [0.15, 0.2) is 22.7 Å². The van der Waals surface area contributed by atoms with Crippen LogP contribution in [0.4, 0.5) is 0 Å². The van der Waals surface area contributed by atoms with Crippen LogP contribution in [0.3, 0.4) is 0 Å². The van der Waals surface area contributed by atoms with E-state index in [4.69, 9.17) is 11.6 Å². The number of rotatable bonds is 7. The Bertz CT molecular complexity index is 519. The van der Waals surface area contributed by atoms with Crippen molar-refractivity contribution in [1.29, 1.82) is 0 Å². The fourth-order valence-electron chi connectivity index (χ4n) is 1.95. The van der Waals surface area contributed by atoms with Crippen molar-refractivity contribution in [2.75, 3.05) is 18.6 Å². The Hall–Kier alpha value is -0.100. The molecule has 0 fully saturated rings. The van der Waals surface area contributed by atoms with Crippen molar-refractivity contribution >= 4 is 37.4 Å². The molecule has 0 saturated heterocycles. The van der Waals surface area contributed by atoms with Gasteiger partial charge in [0.1, 0.15) is 9.84 Å². The maximum absolute atomic E-state index is 11.2. The van der Waals surface area contributed by atoms with Crippen molar-refractivity contribution in [3.05, 3.63) is 33.3 Å². The maximum atomic E-state index is 11.2. The summed E-state index contributed by atoms with van der Waals surface area (Å²) in [6.45, 7) is 2.85. The second kappa shape index (κ2) is 7.62. The Morgan fingerprint density at radius 1 is 1.42 bits per heavy atom. The molecule has 0 aliphatic carbocycles. The molecule has 19 heavy (non-hydrogen) atoms. The molecule has 0 saturated carbocycles. The molecule has 0 aromatic heterocycles. The molecule has 1 unspecified atom stereocenters. The minimum Gasteiger partial charge on any atom is -0.310 e. The minimum absolute atomic E-state index is 0.111. The van der Waals surface area contributed by atoms with Crippen LogP contribution in [0.25, 0.3) is 0 Å². The van der Waals surface area contributed by atoms with Gasteiger partial charge in [0.15, 0.2) is 0 Å². The van der Waals surface area contributed by atoms with Gasteiger partial charge in [-0.2, -0.15) is 0 Å². The summed E-state index contributed by atoms with van der Waals surface area (Å²) in [6, 6.07) is 5.77. The first kappa shape index (κ1) is 17.0. The summed E-state index contributed by atoms with van der Waals surface area (Å²) in [7, 11) is -2.90. The molecule has 0 amide bonds. The van der Waals surface area contributed by atoms with Crippen LogP contribution in [0.2, 0.25) is 5.02 Å². The van der Waals surface area contributed by atoms with Gasteiger partial charge in [0.25, 0.3) is 0 Å². The lowest BCUT2D eigenvalue weighted by molar-refractivity contribution is 0.505. The van der Waals surface area contributed by atoms with Crippen LogP contribution < -0.4 is 5.32 Å². The zero-order valence-corrected chi connectivity index (χ0v) is 14.3. The first-order chi connectivity index (χ1) is 8.83. The molecule has 1 N–H and O–H groups in total. The van der Waals surface area contributed by atoms with Crippen LogP contribution in [0.1, 0.15) is 31.4 Å². The molecule has 0 bridgehead atoms. The lowest BCUT2D eigenvalue weighted by Crippen LogP contribution is -2.22. The zero-order chi connectivity index (χ0) is 14.5. The Morgan fingerprint density at radius 3 is 2.68 bits per heavy atom.